The van der Waals surface area contributed by atoms with Crippen molar-refractivity contribution in [2.45, 2.75) is 25.8 Å². The Morgan fingerprint density at radius 3 is 2.72 bits per heavy atom. The number of amides is 1. The fraction of sp³-hybridized carbons (Fsp3) is 0.400. The number of hydrogen-bond acceptors (Lipinski definition) is 7. The zero-order valence-corrected chi connectivity index (χ0v) is 17.5. The zero-order valence-electron chi connectivity index (χ0n) is 16.6. The third-order valence-electron chi connectivity index (χ3n) is 5.05. The molecule has 152 valence electrons. The molecular weight excluding hydrogens is 391 g/mol. The molecule has 1 amide bonds. The van der Waals surface area contributed by atoms with E-state index in [0.29, 0.717) is 24.6 Å². The van der Waals surface area contributed by atoms with E-state index in [4.69, 9.17) is 0 Å². The lowest BCUT2D eigenvalue weighted by atomic mass is 10.1. The molecule has 1 aliphatic rings. The predicted molar refractivity (Wildman–Crippen MR) is 114 cm³/mol. The lowest BCUT2D eigenvalue weighted by molar-refractivity contribution is -0.129. The number of thiazole rings is 1. The Labute approximate surface area is 172 Å². The van der Waals surface area contributed by atoms with Crippen LogP contribution in [-0.2, 0) is 4.79 Å². The van der Waals surface area contributed by atoms with Crippen molar-refractivity contribution in [1.29, 1.82) is 0 Å². The molecule has 0 bridgehead atoms. The third-order valence-corrected chi connectivity index (χ3v) is 6.24. The summed E-state index contributed by atoms with van der Waals surface area (Å²) in [4.78, 5) is 28.4. The van der Waals surface area contributed by atoms with Gasteiger partial charge in [-0.25, -0.2) is 19.3 Å². The van der Waals surface area contributed by atoms with E-state index in [9.17, 15) is 9.18 Å². The largest absolute Gasteiger partial charge is 0.354 e. The second-order valence-corrected chi connectivity index (χ2v) is 8.40. The standard InChI is InChI=1S/C20H23FN6OS/c1-12(28)27-8-6-14(7-9-27)23-19-22-11-15(21)18(25-19)13-4-5-16-17(10-13)29-20(24-16)26(2)3/h4-5,10-11,14H,6-9H2,1-3H3,(H,22,23,25). The molecule has 2 aromatic heterocycles. The van der Waals surface area contributed by atoms with E-state index in [1.165, 1.54) is 6.20 Å². The first-order valence-corrected chi connectivity index (χ1v) is 10.4. The van der Waals surface area contributed by atoms with E-state index in [1.807, 2.05) is 42.1 Å². The number of rotatable bonds is 4. The van der Waals surface area contributed by atoms with E-state index in [0.717, 1.165) is 28.2 Å². The van der Waals surface area contributed by atoms with Crippen molar-refractivity contribution in [3.8, 4) is 11.3 Å². The van der Waals surface area contributed by atoms with Crippen molar-refractivity contribution < 1.29 is 9.18 Å². The zero-order chi connectivity index (χ0) is 20.5. The van der Waals surface area contributed by atoms with Crippen LogP contribution in [0.25, 0.3) is 21.5 Å². The number of nitrogens with zero attached hydrogens (tertiary/aromatic N) is 5. The Balaban J connectivity index is 1.55. The van der Waals surface area contributed by atoms with Crippen LogP contribution in [0.15, 0.2) is 24.4 Å². The number of hydrogen-bond donors (Lipinski definition) is 1. The van der Waals surface area contributed by atoms with Crippen LogP contribution in [0, 0.1) is 5.82 Å². The van der Waals surface area contributed by atoms with Crippen LogP contribution in [0.2, 0.25) is 0 Å². The van der Waals surface area contributed by atoms with Crippen LogP contribution in [-0.4, -0.2) is 59.0 Å². The highest BCUT2D eigenvalue weighted by atomic mass is 32.1. The van der Waals surface area contributed by atoms with Gasteiger partial charge in [0.1, 0.15) is 5.69 Å². The van der Waals surface area contributed by atoms with Crippen molar-refractivity contribution in [2.24, 2.45) is 0 Å². The molecule has 0 unspecified atom stereocenters. The summed E-state index contributed by atoms with van der Waals surface area (Å²) in [6.45, 7) is 3.00. The van der Waals surface area contributed by atoms with E-state index < -0.39 is 5.82 Å². The van der Waals surface area contributed by atoms with E-state index in [1.54, 1.807) is 18.3 Å². The minimum Gasteiger partial charge on any atom is -0.354 e. The fourth-order valence-electron chi connectivity index (χ4n) is 3.41. The lowest BCUT2D eigenvalue weighted by Crippen LogP contribution is -2.41. The van der Waals surface area contributed by atoms with Crippen LogP contribution in [0.3, 0.4) is 0 Å². The molecule has 4 rings (SSSR count). The van der Waals surface area contributed by atoms with Crippen LogP contribution < -0.4 is 10.2 Å². The van der Waals surface area contributed by atoms with Gasteiger partial charge in [0.25, 0.3) is 0 Å². The number of carbonyl (C=O) groups excluding carboxylic acids is 1. The Kier molecular flexibility index (Phi) is 5.31. The fourth-order valence-corrected chi connectivity index (χ4v) is 4.34. The van der Waals surface area contributed by atoms with Gasteiger partial charge >= 0.3 is 0 Å². The van der Waals surface area contributed by atoms with Gasteiger partial charge < -0.3 is 15.1 Å². The Bertz CT molecular complexity index is 1040. The average Bonchev–Trinajstić information content (AvgIpc) is 3.13. The van der Waals surface area contributed by atoms with Gasteiger partial charge in [-0.15, -0.1) is 0 Å². The normalized spacial score (nSPS) is 15.0. The number of nitrogens with one attached hydrogen (secondary N) is 1. The molecule has 7 nitrogen and oxygen atoms in total. The highest BCUT2D eigenvalue weighted by Gasteiger charge is 2.21. The number of likely N-dealkylation sites (tertiary alicyclic amines) is 1. The van der Waals surface area contributed by atoms with Crippen LogP contribution in [0.4, 0.5) is 15.5 Å². The van der Waals surface area contributed by atoms with Gasteiger partial charge in [0.2, 0.25) is 11.9 Å². The van der Waals surface area contributed by atoms with E-state index >= 15 is 0 Å². The Morgan fingerprint density at radius 1 is 1.28 bits per heavy atom. The number of anilines is 2. The number of halogens is 1. The van der Waals surface area contributed by atoms with Gasteiger partial charge in [0.05, 0.1) is 16.4 Å². The van der Waals surface area contributed by atoms with Crippen molar-refractivity contribution in [2.75, 3.05) is 37.4 Å². The first kappa shape index (κ1) is 19.5. The first-order valence-electron chi connectivity index (χ1n) is 9.53. The maximum Gasteiger partial charge on any atom is 0.223 e. The van der Waals surface area contributed by atoms with Crippen LogP contribution in [0.5, 0.6) is 0 Å². The van der Waals surface area contributed by atoms with Gasteiger partial charge in [-0.05, 0) is 25.0 Å². The molecule has 3 heterocycles. The third kappa shape index (κ3) is 4.14. The molecule has 0 saturated carbocycles. The molecule has 0 radical (unpaired) electrons. The summed E-state index contributed by atoms with van der Waals surface area (Å²) in [5, 5.41) is 4.19. The van der Waals surface area contributed by atoms with Gasteiger partial charge in [-0.1, -0.05) is 17.4 Å². The summed E-state index contributed by atoms with van der Waals surface area (Å²) in [5.41, 5.74) is 1.85. The molecule has 1 N–H and O–H groups in total. The number of carbonyl (C=O) groups is 1. The average molecular weight is 415 g/mol. The second kappa shape index (κ2) is 7.90. The molecule has 1 aromatic carbocycles. The molecule has 0 aliphatic carbocycles. The molecule has 1 fully saturated rings. The van der Waals surface area contributed by atoms with Crippen molar-refractivity contribution in [1.82, 2.24) is 19.9 Å². The monoisotopic (exact) mass is 414 g/mol. The molecule has 0 spiro atoms. The molecule has 3 aromatic rings. The summed E-state index contributed by atoms with van der Waals surface area (Å²) >= 11 is 1.56. The summed E-state index contributed by atoms with van der Waals surface area (Å²) in [6.07, 6.45) is 2.84. The maximum atomic E-state index is 14.5. The van der Waals surface area contributed by atoms with E-state index in [-0.39, 0.29) is 17.6 Å². The van der Waals surface area contributed by atoms with E-state index in [2.05, 4.69) is 20.3 Å². The summed E-state index contributed by atoms with van der Waals surface area (Å²) < 4.78 is 15.5. The smallest absolute Gasteiger partial charge is 0.223 e. The van der Waals surface area contributed by atoms with Crippen LogP contribution in [0.1, 0.15) is 19.8 Å². The number of fused-ring (bicyclic) bond motifs is 1. The first-order chi connectivity index (χ1) is 13.9. The van der Waals surface area contributed by atoms with Crippen molar-refractivity contribution in [3.63, 3.8) is 0 Å². The highest BCUT2D eigenvalue weighted by Crippen LogP contribution is 2.32. The maximum absolute atomic E-state index is 14.5. The summed E-state index contributed by atoms with van der Waals surface area (Å²) in [7, 11) is 3.89. The molecule has 29 heavy (non-hydrogen) atoms. The van der Waals surface area contributed by atoms with Gasteiger partial charge in [0.15, 0.2) is 10.9 Å². The second-order valence-electron chi connectivity index (χ2n) is 7.39. The summed E-state index contributed by atoms with van der Waals surface area (Å²) in [5.74, 6) is 0.0411. The number of aromatic nitrogens is 3. The number of benzene rings is 1. The quantitative estimate of drug-likeness (QED) is 0.706. The van der Waals surface area contributed by atoms with Gasteiger partial charge in [0, 0.05) is 45.7 Å². The Morgan fingerprint density at radius 2 is 2.03 bits per heavy atom. The Hall–Kier alpha value is -2.81. The molecule has 9 heteroatoms. The molecule has 1 aliphatic heterocycles. The summed E-state index contributed by atoms with van der Waals surface area (Å²) in [6, 6.07) is 5.80. The molecule has 0 atom stereocenters. The van der Waals surface area contributed by atoms with Crippen molar-refractivity contribution in [3.05, 3.63) is 30.2 Å². The van der Waals surface area contributed by atoms with Crippen molar-refractivity contribution >= 4 is 38.5 Å². The minimum absolute atomic E-state index is 0.0969. The minimum atomic E-state index is -0.460. The SMILES string of the molecule is CC(=O)N1CCC(Nc2ncc(F)c(-c3ccc4nc(N(C)C)sc4c3)n2)CC1. The predicted octanol–water partition coefficient (Wildman–Crippen LogP) is 3.38. The van der Waals surface area contributed by atoms with Gasteiger partial charge in [-0.3, -0.25) is 4.79 Å². The molecular formula is C20H23FN6OS. The lowest BCUT2D eigenvalue weighted by Gasteiger charge is -2.31. The van der Waals surface area contributed by atoms with Gasteiger partial charge in [-0.2, -0.15) is 0 Å². The highest BCUT2D eigenvalue weighted by molar-refractivity contribution is 7.22. The number of piperidine rings is 1. The molecule has 1 saturated heterocycles. The van der Waals surface area contributed by atoms with Crippen LogP contribution >= 0.6 is 11.3 Å². The topological polar surface area (TPSA) is 74.2 Å².